The zero-order chi connectivity index (χ0) is 22.1. The molecule has 0 spiro atoms. The number of benzene rings is 2. The second-order valence-corrected chi connectivity index (χ2v) is 8.27. The van der Waals surface area contributed by atoms with E-state index in [1.807, 2.05) is 0 Å². The average molecular weight is 431 g/mol. The number of nitro benzene ring substituents is 1. The number of fused-ring (bicyclic) bond motifs is 1. The molecule has 0 aliphatic rings. The molecule has 30 heavy (non-hydrogen) atoms. The molecule has 3 rings (SSSR count). The largest absolute Gasteiger partial charge is 0.465 e. The van der Waals surface area contributed by atoms with Gasteiger partial charge in [0.05, 0.1) is 35.1 Å². The lowest BCUT2D eigenvalue weighted by Crippen LogP contribution is -2.36. The highest BCUT2D eigenvalue weighted by Crippen LogP contribution is 2.25. The molecule has 11 heteroatoms. The van der Waals surface area contributed by atoms with E-state index in [1.165, 1.54) is 31.5 Å². The van der Waals surface area contributed by atoms with Crippen LogP contribution >= 0.6 is 0 Å². The van der Waals surface area contributed by atoms with E-state index in [4.69, 9.17) is 4.74 Å². The number of rotatable bonds is 6. The number of aromatic nitrogens is 1. The molecule has 0 aliphatic heterocycles. The van der Waals surface area contributed by atoms with Gasteiger partial charge in [0, 0.05) is 23.7 Å². The Morgan fingerprint density at radius 1 is 1.17 bits per heavy atom. The summed E-state index contributed by atoms with van der Waals surface area (Å²) in [6, 6.07) is 11.6. The molecule has 10 nitrogen and oxygen atoms in total. The van der Waals surface area contributed by atoms with Gasteiger partial charge in [-0.2, -0.15) is 0 Å². The minimum atomic E-state index is -3.95. The summed E-state index contributed by atoms with van der Waals surface area (Å²) in [6.07, 6.45) is 2.18. The molecule has 0 bridgehead atoms. The van der Waals surface area contributed by atoms with Gasteiger partial charge in [-0.05, 0) is 12.1 Å². The molecule has 1 heterocycles. The van der Waals surface area contributed by atoms with Crippen LogP contribution in [0.25, 0.3) is 10.9 Å². The Hall–Kier alpha value is -3.73. The van der Waals surface area contributed by atoms with Crippen LogP contribution in [0.5, 0.6) is 0 Å². The number of carbonyl (C=O) groups is 2. The maximum Gasteiger partial charge on any atom is 0.340 e. The molecule has 0 unspecified atom stereocenters. The van der Waals surface area contributed by atoms with Crippen molar-refractivity contribution in [1.29, 1.82) is 0 Å². The summed E-state index contributed by atoms with van der Waals surface area (Å²) in [5, 5.41) is 11.5. The van der Waals surface area contributed by atoms with E-state index < -0.39 is 33.4 Å². The number of ether oxygens (including phenoxy) is 1. The molecule has 156 valence electrons. The van der Waals surface area contributed by atoms with Crippen molar-refractivity contribution in [3.63, 3.8) is 0 Å². The highest BCUT2D eigenvalue weighted by molar-refractivity contribution is 7.92. The minimum Gasteiger partial charge on any atom is -0.465 e. The Morgan fingerprint density at radius 3 is 2.50 bits per heavy atom. The first-order valence-electron chi connectivity index (χ1n) is 8.57. The Kier molecular flexibility index (Phi) is 5.56. The van der Waals surface area contributed by atoms with E-state index in [0.717, 1.165) is 21.2 Å². The number of esters is 1. The Balaban J connectivity index is 2.05. The topological polar surface area (TPSA) is 129 Å². The molecule has 2 aromatic carbocycles. The SMILES string of the molecule is COC(=O)c1cn(C(=O)CN(c2cccc([N+](=O)[O-])c2)S(C)(=O)=O)c2ccccc12. The molecule has 0 fully saturated rings. The lowest BCUT2D eigenvalue weighted by Gasteiger charge is -2.21. The van der Waals surface area contributed by atoms with Crippen molar-refractivity contribution in [1.82, 2.24) is 4.57 Å². The molecule has 0 aliphatic carbocycles. The summed E-state index contributed by atoms with van der Waals surface area (Å²) in [5.74, 6) is -1.30. The molecule has 0 radical (unpaired) electrons. The zero-order valence-electron chi connectivity index (χ0n) is 16.0. The van der Waals surface area contributed by atoms with Gasteiger partial charge >= 0.3 is 5.97 Å². The van der Waals surface area contributed by atoms with Crippen molar-refractivity contribution in [2.75, 3.05) is 24.2 Å². The minimum absolute atomic E-state index is 0.0234. The fourth-order valence-corrected chi connectivity index (χ4v) is 3.86. The van der Waals surface area contributed by atoms with Crippen molar-refractivity contribution < 1.29 is 27.7 Å². The number of carbonyl (C=O) groups excluding carboxylic acids is 2. The quantitative estimate of drug-likeness (QED) is 0.333. The van der Waals surface area contributed by atoms with Crippen LogP contribution in [0.1, 0.15) is 15.2 Å². The zero-order valence-corrected chi connectivity index (χ0v) is 16.8. The fourth-order valence-electron chi connectivity index (χ4n) is 3.02. The van der Waals surface area contributed by atoms with Crippen LogP contribution in [-0.4, -0.2) is 49.7 Å². The van der Waals surface area contributed by atoms with Crippen molar-refractivity contribution in [2.24, 2.45) is 0 Å². The predicted molar refractivity (Wildman–Crippen MR) is 109 cm³/mol. The van der Waals surface area contributed by atoms with Crippen molar-refractivity contribution in [2.45, 2.75) is 0 Å². The molecule has 3 aromatic rings. The first kappa shape index (κ1) is 21.0. The van der Waals surface area contributed by atoms with Gasteiger partial charge in [-0.15, -0.1) is 0 Å². The summed E-state index contributed by atoms with van der Waals surface area (Å²) in [6.45, 7) is -0.626. The predicted octanol–water partition coefficient (Wildman–Crippen LogP) is 2.44. The number of sulfonamides is 1. The number of hydrogen-bond acceptors (Lipinski definition) is 7. The summed E-state index contributed by atoms with van der Waals surface area (Å²) < 4.78 is 31.3. The molecule has 0 saturated carbocycles. The first-order valence-corrected chi connectivity index (χ1v) is 10.4. The van der Waals surface area contributed by atoms with Crippen LogP contribution < -0.4 is 4.31 Å². The molecular weight excluding hydrogens is 414 g/mol. The number of anilines is 1. The third-order valence-electron chi connectivity index (χ3n) is 4.39. The van der Waals surface area contributed by atoms with Gasteiger partial charge in [-0.1, -0.05) is 24.3 Å². The van der Waals surface area contributed by atoms with Crippen molar-refractivity contribution >= 4 is 44.2 Å². The second kappa shape index (κ2) is 7.95. The van der Waals surface area contributed by atoms with Crippen molar-refractivity contribution in [3.05, 3.63) is 70.4 Å². The van der Waals surface area contributed by atoms with Gasteiger partial charge in [0.25, 0.3) is 11.6 Å². The standard InChI is InChI=1S/C19H17N3O7S/c1-29-19(24)16-11-20(17-9-4-3-8-15(16)17)18(23)12-21(30(2,27)28)13-6-5-7-14(10-13)22(25)26/h3-11H,12H2,1-2H3. The van der Waals surface area contributed by atoms with Crippen LogP contribution in [0.4, 0.5) is 11.4 Å². The number of non-ortho nitro benzene ring substituents is 1. The van der Waals surface area contributed by atoms with E-state index in [0.29, 0.717) is 10.9 Å². The number of para-hydroxylation sites is 1. The fraction of sp³-hybridized carbons (Fsp3) is 0.158. The lowest BCUT2D eigenvalue weighted by molar-refractivity contribution is -0.384. The summed E-state index contributed by atoms with van der Waals surface area (Å²) in [7, 11) is -2.73. The Morgan fingerprint density at radius 2 is 1.87 bits per heavy atom. The maximum atomic E-state index is 13.0. The number of hydrogen-bond donors (Lipinski definition) is 0. The number of nitrogens with zero attached hydrogens (tertiary/aromatic N) is 3. The van der Waals surface area contributed by atoms with Crippen LogP contribution in [-0.2, 0) is 14.8 Å². The molecule has 0 saturated heterocycles. The van der Waals surface area contributed by atoms with E-state index in [-0.39, 0.29) is 16.9 Å². The van der Waals surface area contributed by atoms with Gasteiger partial charge in [-0.3, -0.25) is 23.8 Å². The van der Waals surface area contributed by atoms with E-state index in [2.05, 4.69) is 0 Å². The summed E-state index contributed by atoms with van der Waals surface area (Å²) >= 11 is 0. The molecule has 0 atom stereocenters. The van der Waals surface area contributed by atoms with Crippen LogP contribution in [0, 0.1) is 10.1 Å². The van der Waals surface area contributed by atoms with Crippen LogP contribution in [0.2, 0.25) is 0 Å². The summed E-state index contributed by atoms with van der Waals surface area (Å²) in [4.78, 5) is 35.4. The Bertz CT molecular complexity index is 1260. The van der Waals surface area contributed by atoms with Crippen molar-refractivity contribution in [3.8, 4) is 0 Å². The second-order valence-electron chi connectivity index (χ2n) is 6.36. The van der Waals surface area contributed by atoms with Gasteiger partial charge in [0.15, 0.2) is 0 Å². The van der Waals surface area contributed by atoms with Gasteiger partial charge < -0.3 is 4.74 Å². The molecule has 0 N–H and O–H groups in total. The molecule has 0 amide bonds. The normalized spacial score (nSPS) is 11.3. The van der Waals surface area contributed by atoms with E-state index >= 15 is 0 Å². The average Bonchev–Trinajstić information content (AvgIpc) is 3.10. The first-order chi connectivity index (χ1) is 14.1. The van der Waals surface area contributed by atoms with E-state index in [9.17, 15) is 28.1 Å². The highest BCUT2D eigenvalue weighted by Gasteiger charge is 2.25. The van der Waals surface area contributed by atoms with Crippen LogP contribution in [0.15, 0.2) is 54.7 Å². The van der Waals surface area contributed by atoms with Crippen LogP contribution in [0.3, 0.4) is 0 Å². The smallest absolute Gasteiger partial charge is 0.340 e. The van der Waals surface area contributed by atoms with Gasteiger partial charge in [0.1, 0.15) is 6.54 Å². The molecular formula is C19H17N3O7S. The highest BCUT2D eigenvalue weighted by atomic mass is 32.2. The summed E-state index contributed by atoms with van der Waals surface area (Å²) in [5.41, 5.74) is 0.218. The third kappa shape index (κ3) is 4.01. The van der Waals surface area contributed by atoms with Gasteiger partial charge in [0.2, 0.25) is 10.0 Å². The lowest BCUT2D eigenvalue weighted by atomic mass is 10.2. The third-order valence-corrected chi connectivity index (χ3v) is 5.53. The molecule has 1 aromatic heterocycles. The van der Waals surface area contributed by atoms with Gasteiger partial charge in [-0.25, -0.2) is 13.2 Å². The Labute approximate surface area is 171 Å². The monoisotopic (exact) mass is 431 g/mol. The number of methoxy groups -OCH3 is 1. The van der Waals surface area contributed by atoms with E-state index in [1.54, 1.807) is 24.3 Å². The maximum absolute atomic E-state index is 13.0. The number of nitro groups is 1.